The van der Waals surface area contributed by atoms with Crippen LogP contribution in [0.2, 0.25) is 0 Å². The van der Waals surface area contributed by atoms with Gasteiger partial charge in [-0.1, -0.05) is 0 Å². The Morgan fingerprint density at radius 2 is 0.578 bits per heavy atom. The lowest BCUT2D eigenvalue weighted by Gasteiger charge is -2.39. The van der Waals surface area contributed by atoms with Gasteiger partial charge in [0.05, 0.1) is 0 Å². The summed E-state index contributed by atoms with van der Waals surface area (Å²) in [5.41, 5.74) is -14.3. The van der Waals surface area contributed by atoms with Crippen LogP contribution in [0.15, 0.2) is 0 Å². The minimum Gasteiger partial charge on any atom is -0.320 e. The topological polar surface area (TPSA) is 94.8 Å². The van der Waals surface area contributed by atoms with Gasteiger partial charge in [-0.2, -0.15) is 110 Å². The van der Waals surface area contributed by atoms with Crippen LogP contribution in [0.5, 0.6) is 0 Å². The summed E-state index contributed by atoms with van der Waals surface area (Å²) in [6.07, 6.45) is -15.1. The second-order valence-corrected chi connectivity index (χ2v) is 10.2. The predicted molar refractivity (Wildman–Crippen MR) is 83.4 cm³/mol. The molecular formula is C12H3F26O5P2+. The van der Waals surface area contributed by atoms with Gasteiger partial charge in [0.25, 0.3) is 0 Å². The van der Waals surface area contributed by atoms with E-state index in [2.05, 4.69) is 0 Å². The molecule has 33 heteroatoms. The van der Waals surface area contributed by atoms with Crippen molar-refractivity contribution >= 4 is 15.6 Å². The van der Waals surface area contributed by atoms with Gasteiger partial charge in [-0.15, -0.1) is 8.78 Å². The summed E-state index contributed by atoms with van der Waals surface area (Å²) < 4.78 is 340. The molecule has 272 valence electrons. The highest BCUT2D eigenvalue weighted by molar-refractivity contribution is 7.53. The van der Waals surface area contributed by atoms with Crippen LogP contribution >= 0.6 is 15.6 Å². The molecule has 0 fully saturated rings. The zero-order valence-corrected chi connectivity index (χ0v) is 20.7. The van der Waals surface area contributed by atoms with Gasteiger partial charge in [-0.05, 0) is 4.57 Å². The monoisotopic (exact) mass is 783 g/mol. The Balaban J connectivity index is 0. The van der Waals surface area contributed by atoms with Gasteiger partial charge in [0, 0.05) is 0 Å². The van der Waals surface area contributed by atoms with Crippen molar-refractivity contribution in [1.82, 2.24) is 0 Å². The summed E-state index contributed by atoms with van der Waals surface area (Å²) in [7, 11) is -13.4. The average Bonchev–Trinajstić information content (AvgIpc) is 2.75. The third kappa shape index (κ3) is 6.47. The molecule has 3 N–H and O–H groups in total. The van der Waals surface area contributed by atoms with E-state index >= 15 is 0 Å². The van der Waals surface area contributed by atoms with Gasteiger partial charge in [-0.3, -0.25) is 4.57 Å². The van der Waals surface area contributed by atoms with Crippen molar-refractivity contribution in [3.8, 4) is 0 Å². The molecule has 1 atom stereocenters. The van der Waals surface area contributed by atoms with Crippen LogP contribution in [-0.4, -0.2) is 85.7 Å². The summed E-state index contributed by atoms with van der Waals surface area (Å²) in [4.78, 5) is 23.2. The lowest BCUT2D eigenvalue weighted by molar-refractivity contribution is -0.434. The summed E-state index contributed by atoms with van der Waals surface area (Å²) in [5, 5.41) is 0. The fourth-order valence-electron chi connectivity index (χ4n) is 1.83. The highest BCUT2D eigenvalue weighted by Crippen LogP contribution is 2.68. The normalized spacial score (nSPS) is 16.7. The SMILES string of the molecule is O=P(O)(O)C(F)(F)C(F)(F)C(F)(F)C(F)(F)C(F)(F)C(F)(F)F.O=[P+](O)C(F)(F)C(F)(F)C(F)(F)C(F)(F)C(F)(F)C(F)(F)F. The van der Waals surface area contributed by atoms with Crippen LogP contribution in [-0.2, 0) is 9.13 Å². The molecule has 0 aliphatic rings. The fourth-order valence-corrected chi connectivity index (χ4v) is 2.71. The van der Waals surface area contributed by atoms with Gasteiger partial charge in [0.2, 0.25) is 0 Å². The zero-order chi connectivity index (χ0) is 38.1. The van der Waals surface area contributed by atoms with Crippen LogP contribution < -0.4 is 0 Å². The van der Waals surface area contributed by atoms with Crippen molar-refractivity contribution < 1.29 is 138 Å². The summed E-state index contributed by atoms with van der Waals surface area (Å²) >= 11 is 0. The number of halogens is 26. The first-order valence-corrected chi connectivity index (χ1v) is 11.7. The smallest absolute Gasteiger partial charge is 0.320 e. The number of alkyl halides is 26. The maximum absolute atomic E-state index is 12.7. The Hall–Kier alpha value is -1.61. The Labute approximate surface area is 226 Å². The Morgan fingerprint density at radius 1 is 0.378 bits per heavy atom. The molecule has 0 saturated carbocycles. The van der Waals surface area contributed by atoms with Crippen molar-refractivity contribution in [2.75, 3.05) is 0 Å². The van der Waals surface area contributed by atoms with Crippen molar-refractivity contribution in [1.29, 1.82) is 0 Å². The molecule has 5 nitrogen and oxygen atoms in total. The van der Waals surface area contributed by atoms with Crippen molar-refractivity contribution in [2.45, 2.75) is 71.1 Å². The van der Waals surface area contributed by atoms with E-state index in [0.717, 1.165) is 0 Å². The van der Waals surface area contributed by atoms with Crippen LogP contribution in [0.25, 0.3) is 0 Å². The first-order chi connectivity index (χ1) is 18.7. The van der Waals surface area contributed by atoms with E-state index in [1.54, 1.807) is 0 Å². The van der Waals surface area contributed by atoms with E-state index in [1.165, 1.54) is 0 Å². The van der Waals surface area contributed by atoms with Gasteiger partial charge >= 0.3 is 86.7 Å². The molecule has 0 aromatic heterocycles. The Morgan fingerprint density at radius 3 is 0.756 bits per heavy atom. The highest BCUT2D eigenvalue weighted by Gasteiger charge is 2.95. The molecule has 0 radical (unpaired) electrons. The first kappa shape index (κ1) is 45.5. The van der Waals surface area contributed by atoms with E-state index in [4.69, 9.17) is 14.7 Å². The average molecular weight is 783 g/mol. The van der Waals surface area contributed by atoms with Crippen LogP contribution in [0.1, 0.15) is 0 Å². The maximum atomic E-state index is 12.7. The van der Waals surface area contributed by atoms with Crippen molar-refractivity contribution in [3.05, 3.63) is 0 Å². The number of hydrogen-bond acceptors (Lipinski definition) is 2. The molecule has 0 spiro atoms. The molecule has 0 aliphatic heterocycles. The van der Waals surface area contributed by atoms with Crippen molar-refractivity contribution in [2.24, 2.45) is 0 Å². The molecule has 0 amide bonds. The van der Waals surface area contributed by atoms with E-state index < -0.39 is 86.7 Å². The molecule has 0 bridgehead atoms. The minimum absolute atomic E-state index is 5.68. The Bertz CT molecular complexity index is 1130. The fraction of sp³-hybridized carbons (Fsp3) is 1.00. The molecule has 0 aromatic rings. The molecule has 1 unspecified atom stereocenters. The van der Waals surface area contributed by atoms with E-state index in [0.29, 0.717) is 0 Å². The largest absolute Gasteiger partial charge is 0.591 e. The summed E-state index contributed by atoms with van der Waals surface area (Å²) in [6, 6.07) is 0. The summed E-state index contributed by atoms with van der Waals surface area (Å²) in [5.74, 6) is -63.9. The van der Waals surface area contributed by atoms with Gasteiger partial charge < -0.3 is 9.79 Å². The van der Waals surface area contributed by atoms with Gasteiger partial charge in [-0.25, -0.2) is 0 Å². The molecular weight excluding hydrogens is 780 g/mol. The lowest BCUT2D eigenvalue weighted by Crippen LogP contribution is -2.69. The lowest BCUT2D eigenvalue weighted by atomic mass is 9.98. The molecule has 45 heavy (non-hydrogen) atoms. The Kier molecular flexibility index (Phi) is 11.7. The van der Waals surface area contributed by atoms with E-state index in [-0.39, 0.29) is 0 Å². The third-order valence-corrected chi connectivity index (χ3v) is 6.21. The van der Waals surface area contributed by atoms with E-state index in [1.807, 2.05) is 0 Å². The third-order valence-electron chi connectivity index (χ3n) is 4.44. The van der Waals surface area contributed by atoms with Crippen LogP contribution in [0.4, 0.5) is 114 Å². The first-order valence-electron chi connectivity index (χ1n) is 8.83. The molecule has 0 heterocycles. The second kappa shape index (κ2) is 11.5. The van der Waals surface area contributed by atoms with Crippen molar-refractivity contribution in [3.63, 3.8) is 0 Å². The molecule has 0 rings (SSSR count). The van der Waals surface area contributed by atoms with Crippen LogP contribution in [0.3, 0.4) is 0 Å². The van der Waals surface area contributed by atoms with Gasteiger partial charge in [0.15, 0.2) is 0 Å². The minimum atomic E-state index is -8.20. The molecule has 0 saturated heterocycles. The van der Waals surface area contributed by atoms with E-state index in [9.17, 15) is 123 Å². The number of hydrogen-bond donors (Lipinski definition) is 3. The standard InChI is InChI=1S/C6H2F13O3P.C6F13O2P/c7-1(8,3(11,12)5(15,16)17)2(9,10)4(13,14)6(18,19)23(20,21)22;7-1(8,3(11,12)5(15,16)17)2(9,10)4(13,14)6(18,19)22(20)21/h(H2,20,21,22);/p+1. The second-order valence-electron chi connectivity index (χ2n) is 7.49. The molecule has 0 aliphatic carbocycles. The maximum Gasteiger partial charge on any atom is 0.591 e. The molecule has 0 aromatic carbocycles. The summed E-state index contributed by atoms with van der Waals surface area (Å²) in [6.45, 7) is 0. The van der Waals surface area contributed by atoms with Gasteiger partial charge in [0.1, 0.15) is 0 Å². The highest BCUT2D eigenvalue weighted by atomic mass is 31.2. The zero-order valence-electron chi connectivity index (χ0n) is 18.9. The number of rotatable bonds is 10. The quantitative estimate of drug-likeness (QED) is 0.153. The predicted octanol–water partition coefficient (Wildman–Crippen LogP) is 8.28. The van der Waals surface area contributed by atoms with Crippen LogP contribution in [0, 0.1) is 0 Å².